The van der Waals surface area contributed by atoms with Crippen molar-refractivity contribution in [3.05, 3.63) is 72.1 Å². The van der Waals surface area contributed by atoms with Gasteiger partial charge in [0.15, 0.2) is 15.5 Å². The molecule has 32 heavy (non-hydrogen) atoms. The third-order valence-electron chi connectivity index (χ3n) is 5.00. The van der Waals surface area contributed by atoms with Gasteiger partial charge in [0.1, 0.15) is 5.52 Å². The second-order valence-corrected chi connectivity index (χ2v) is 9.92. The van der Waals surface area contributed by atoms with Gasteiger partial charge in [-0.1, -0.05) is 12.1 Å². The van der Waals surface area contributed by atoms with Gasteiger partial charge in [0.25, 0.3) is 5.91 Å². The van der Waals surface area contributed by atoms with E-state index in [9.17, 15) is 13.2 Å². The fourth-order valence-electron chi connectivity index (χ4n) is 3.12. The molecule has 2 aromatic carbocycles. The number of H-pyrrole nitrogens is 1. The van der Waals surface area contributed by atoms with E-state index in [2.05, 4.69) is 20.3 Å². The molecule has 9 heteroatoms. The monoisotopic (exact) mass is 445 g/mol. The highest BCUT2D eigenvalue weighted by Crippen LogP contribution is 2.24. The largest absolute Gasteiger partial charge is 0.344 e. The van der Waals surface area contributed by atoms with Crippen molar-refractivity contribution in [3.8, 4) is 17.3 Å². The number of sulfone groups is 1. The minimum absolute atomic E-state index is 0.245. The highest BCUT2D eigenvalue weighted by molar-refractivity contribution is 7.92. The number of aromatic nitrogens is 3. The van der Waals surface area contributed by atoms with E-state index in [0.717, 1.165) is 0 Å². The number of anilines is 1. The summed E-state index contributed by atoms with van der Waals surface area (Å²) in [5, 5.41) is 11.2. The number of carbonyl (C=O) groups is 1. The topological polar surface area (TPSA) is 129 Å². The summed E-state index contributed by atoms with van der Waals surface area (Å²) in [7, 11) is -3.37. The number of nitriles is 1. The first kappa shape index (κ1) is 21.2. The number of aromatic amines is 1. The Morgan fingerprint density at radius 3 is 2.41 bits per heavy atom. The Hall–Kier alpha value is -4.03. The summed E-state index contributed by atoms with van der Waals surface area (Å²) in [6.07, 6.45) is 3.10. The molecule has 0 saturated carbocycles. The number of amides is 1. The van der Waals surface area contributed by atoms with Crippen molar-refractivity contribution in [3.63, 3.8) is 0 Å². The number of benzene rings is 2. The van der Waals surface area contributed by atoms with E-state index in [1.807, 2.05) is 6.07 Å². The lowest BCUT2D eigenvalue weighted by molar-refractivity contribution is 0.102. The SMILES string of the molecule is CC(C)S(=O)(=O)c1ccc(-c2cnc3[nH]cc(C(=O)Nc4ccc(C#N)cc4)c3n2)cc1. The number of fused-ring (bicyclic) bond motifs is 1. The molecule has 2 aromatic heterocycles. The van der Waals surface area contributed by atoms with E-state index >= 15 is 0 Å². The Balaban J connectivity index is 1.64. The van der Waals surface area contributed by atoms with Crippen molar-refractivity contribution in [2.75, 3.05) is 5.32 Å². The summed E-state index contributed by atoms with van der Waals surface area (Å²) in [6.45, 7) is 3.28. The number of nitrogens with one attached hydrogen (secondary N) is 2. The first-order valence-corrected chi connectivity index (χ1v) is 11.3. The molecule has 0 bridgehead atoms. The third kappa shape index (κ3) is 3.96. The van der Waals surface area contributed by atoms with Gasteiger partial charge >= 0.3 is 0 Å². The van der Waals surface area contributed by atoms with Gasteiger partial charge in [-0.15, -0.1) is 0 Å². The zero-order valence-electron chi connectivity index (χ0n) is 17.3. The summed E-state index contributed by atoms with van der Waals surface area (Å²) in [6, 6.07) is 15.0. The molecule has 0 spiro atoms. The van der Waals surface area contributed by atoms with Crippen LogP contribution in [-0.4, -0.2) is 34.5 Å². The quantitative estimate of drug-likeness (QED) is 0.479. The Labute approximate surface area is 184 Å². The highest BCUT2D eigenvalue weighted by Gasteiger charge is 2.19. The van der Waals surface area contributed by atoms with Crippen molar-refractivity contribution in [2.24, 2.45) is 0 Å². The predicted molar refractivity (Wildman–Crippen MR) is 121 cm³/mol. The predicted octanol–water partition coefficient (Wildman–Crippen LogP) is 3.93. The maximum absolute atomic E-state index is 12.8. The molecule has 0 aliphatic carbocycles. The van der Waals surface area contributed by atoms with Crippen molar-refractivity contribution in [2.45, 2.75) is 24.0 Å². The van der Waals surface area contributed by atoms with E-state index < -0.39 is 15.1 Å². The number of nitrogens with zero attached hydrogens (tertiary/aromatic N) is 3. The maximum atomic E-state index is 12.8. The van der Waals surface area contributed by atoms with Crippen LogP contribution < -0.4 is 5.32 Å². The zero-order valence-corrected chi connectivity index (χ0v) is 18.1. The lowest BCUT2D eigenvalue weighted by atomic mass is 10.1. The average molecular weight is 446 g/mol. The van der Waals surface area contributed by atoms with Crippen molar-refractivity contribution in [1.82, 2.24) is 15.0 Å². The smallest absolute Gasteiger partial charge is 0.259 e. The molecular weight excluding hydrogens is 426 g/mol. The van der Waals surface area contributed by atoms with Crippen LogP contribution in [0, 0.1) is 11.3 Å². The summed E-state index contributed by atoms with van der Waals surface area (Å²) in [5.74, 6) is -0.370. The molecule has 0 unspecified atom stereocenters. The fraction of sp³-hybridized carbons (Fsp3) is 0.130. The van der Waals surface area contributed by atoms with Crippen LogP contribution in [0.5, 0.6) is 0 Å². The molecule has 0 fully saturated rings. The third-order valence-corrected chi connectivity index (χ3v) is 7.17. The highest BCUT2D eigenvalue weighted by atomic mass is 32.2. The van der Waals surface area contributed by atoms with E-state index in [1.54, 1.807) is 68.6 Å². The van der Waals surface area contributed by atoms with E-state index in [0.29, 0.717) is 39.2 Å². The van der Waals surface area contributed by atoms with Gasteiger partial charge in [-0.05, 0) is 50.2 Å². The average Bonchev–Trinajstić information content (AvgIpc) is 3.23. The van der Waals surface area contributed by atoms with E-state index in [-0.39, 0.29) is 10.8 Å². The lowest BCUT2D eigenvalue weighted by Gasteiger charge is -2.08. The molecule has 4 rings (SSSR count). The lowest BCUT2D eigenvalue weighted by Crippen LogP contribution is -2.13. The number of hydrogen-bond acceptors (Lipinski definition) is 6. The fourth-order valence-corrected chi connectivity index (χ4v) is 4.18. The zero-order chi connectivity index (χ0) is 22.9. The molecule has 4 aromatic rings. The van der Waals surface area contributed by atoms with Gasteiger partial charge in [-0.3, -0.25) is 4.79 Å². The van der Waals surface area contributed by atoms with Crippen LogP contribution in [0.25, 0.3) is 22.4 Å². The van der Waals surface area contributed by atoms with Crippen LogP contribution in [0.15, 0.2) is 65.8 Å². The molecule has 2 N–H and O–H groups in total. The normalized spacial score (nSPS) is 11.4. The molecule has 1 amide bonds. The van der Waals surface area contributed by atoms with Crippen molar-refractivity contribution in [1.29, 1.82) is 5.26 Å². The Kier molecular flexibility index (Phi) is 5.47. The molecular formula is C23H19N5O3S. The van der Waals surface area contributed by atoms with Crippen LogP contribution in [0.1, 0.15) is 29.8 Å². The molecule has 0 saturated heterocycles. The Bertz CT molecular complexity index is 1450. The van der Waals surface area contributed by atoms with Gasteiger partial charge in [0, 0.05) is 17.4 Å². The summed E-state index contributed by atoms with van der Waals surface area (Å²) < 4.78 is 24.7. The summed E-state index contributed by atoms with van der Waals surface area (Å²) in [5.41, 5.74) is 3.41. The summed E-state index contributed by atoms with van der Waals surface area (Å²) >= 11 is 0. The van der Waals surface area contributed by atoms with Gasteiger partial charge in [-0.2, -0.15) is 5.26 Å². The van der Waals surface area contributed by atoms with Crippen LogP contribution in [-0.2, 0) is 9.84 Å². The minimum atomic E-state index is -3.37. The van der Waals surface area contributed by atoms with Crippen LogP contribution in [0.4, 0.5) is 5.69 Å². The van der Waals surface area contributed by atoms with E-state index in [1.165, 1.54) is 6.20 Å². The number of rotatable bonds is 5. The van der Waals surface area contributed by atoms with Gasteiger partial charge in [-0.25, -0.2) is 18.4 Å². The van der Waals surface area contributed by atoms with Crippen LogP contribution in [0.3, 0.4) is 0 Å². The van der Waals surface area contributed by atoms with Crippen molar-refractivity contribution < 1.29 is 13.2 Å². The minimum Gasteiger partial charge on any atom is -0.344 e. The van der Waals surface area contributed by atoms with Gasteiger partial charge in [0.05, 0.1) is 39.2 Å². The first-order valence-electron chi connectivity index (χ1n) is 9.79. The van der Waals surface area contributed by atoms with Crippen LogP contribution in [0.2, 0.25) is 0 Å². The number of carbonyl (C=O) groups excluding carboxylic acids is 1. The summed E-state index contributed by atoms with van der Waals surface area (Å²) in [4.78, 5) is 24.9. The molecule has 8 nitrogen and oxygen atoms in total. The van der Waals surface area contributed by atoms with Gasteiger partial charge < -0.3 is 10.3 Å². The molecule has 0 aliphatic rings. The number of hydrogen-bond donors (Lipinski definition) is 2. The molecule has 2 heterocycles. The van der Waals surface area contributed by atoms with Crippen molar-refractivity contribution >= 4 is 32.6 Å². The molecule has 0 atom stereocenters. The van der Waals surface area contributed by atoms with E-state index in [4.69, 9.17) is 5.26 Å². The molecule has 0 aliphatic heterocycles. The maximum Gasteiger partial charge on any atom is 0.259 e. The molecule has 160 valence electrons. The first-order chi connectivity index (χ1) is 15.3. The Morgan fingerprint density at radius 1 is 1.09 bits per heavy atom. The standard InChI is InChI=1S/C23H19N5O3S/c1-14(2)32(30,31)18-9-5-16(6-10-18)20-13-26-22-21(28-20)19(12-25-22)23(29)27-17-7-3-15(11-24)4-8-17/h3-10,12-14H,1-2H3,(H,25,26)(H,27,29). The van der Waals surface area contributed by atoms with Crippen LogP contribution >= 0.6 is 0 Å². The Morgan fingerprint density at radius 2 is 1.78 bits per heavy atom. The molecule has 0 radical (unpaired) electrons. The van der Waals surface area contributed by atoms with Gasteiger partial charge in [0.2, 0.25) is 0 Å². The second kappa shape index (κ2) is 8.24. The second-order valence-electron chi connectivity index (χ2n) is 7.42.